The van der Waals surface area contributed by atoms with E-state index in [0.29, 0.717) is 0 Å². The molecule has 1 unspecified atom stereocenters. The van der Waals surface area contributed by atoms with Gasteiger partial charge >= 0.3 is 0 Å². The zero-order valence-corrected chi connectivity index (χ0v) is 10.9. The molecule has 0 amide bonds. The molecule has 15 heavy (non-hydrogen) atoms. The van der Waals surface area contributed by atoms with Crippen LogP contribution in [0.2, 0.25) is 0 Å². The molecule has 0 heteroatoms. The first kappa shape index (κ1) is 14.7. The molecule has 0 aromatic carbocycles. The minimum absolute atomic E-state index is 0.717. The topological polar surface area (TPSA) is 0 Å². The molecule has 90 valence electrons. The molecule has 0 aliphatic carbocycles. The Morgan fingerprint density at radius 3 is 1.80 bits per heavy atom. The summed E-state index contributed by atoms with van der Waals surface area (Å²) in [5.41, 5.74) is 0. The van der Waals surface area contributed by atoms with E-state index in [9.17, 15) is 0 Å². The van der Waals surface area contributed by atoms with Crippen molar-refractivity contribution < 1.29 is 0 Å². The number of hydrogen-bond donors (Lipinski definition) is 0. The molecule has 1 atom stereocenters. The van der Waals surface area contributed by atoms with Crippen LogP contribution in [0.1, 0.15) is 78.1 Å². The number of rotatable bonds is 11. The molecule has 0 aliphatic heterocycles. The SMILES string of the molecule is C=CC(C)CCCCCCCCCCC. The standard InChI is InChI=1S/C15H30/c1-4-6-7-8-9-10-11-12-13-14-15(3)5-2/h5,15H,2,4,6-14H2,1,3H3. The van der Waals surface area contributed by atoms with Crippen molar-refractivity contribution in [2.45, 2.75) is 78.1 Å². The average Bonchev–Trinajstić information content (AvgIpc) is 2.26. The molecule has 0 fully saturated rings. The molecule has 0 N–H and O–H groups in total. The Morgan fingerprint density at radius 1 is 0.867 bits per heavy atom. The molecule has 0 radical (unpaired) electrons. The first-order chi connectivity index (χ1) is 7.31. The summed E-state index contributed by atoms with van der Waals surface area (Å²) in [5, 5.41) is 0. The number of allylic oxidation sites excluding steroid dienone is 1. The van der Waals surface area contributed by atoms with Crippen molar-refractivity contribution in [2.75, 3.05) is 0 Å². The Hall–Kier alpha value is -0.260. The molecule has 0 nitrogen and oxygen atoms in total. The van der Waals surface area contributed by atoms with E-state index in [1.807, 2.05) is 0 Å². The van der Waals surface area contributed by atoms with Gasteiger partial charge in [-0.25, -0.2) is 0 Å². The normalized spacial score (nSPS) is 12.7. The van der Waals surface area contributed by atoms with E-state index >= 15 is 0 Å². The van der Waals surface area contributed by atoms with Crippen molar-refractivity contribution >= 4 is 0 Å². The summed E-state index contributed by atoms with van der Waals surface area (Å²) < 4.78 is 0. The molecule has 0 rings (SSSR count). The minimum Gasteiger partial charge on any atom is -0.103 e. The first-order valence-corrected chi connectivity index (χ1v) is 6.93. The van der Waals surface area contributed by atoms with Crippen LogP contribution in [0.4, 0.5) is 0 Å². The van der Waals surface area contributed by atoms with Gasteiger partial charge < -0.3 is 0 Å². The van der Waals surface area contributed by atoms with Gasteiger partial charge in [0.2, 0.25) is 0 Å². The fraction of sp³-hybridized carbons (Fsp3) is 0.867. The number of hydrogen-bond acceptors (Lipinski definition) is 0. The highest BCUT2D eigenvalue weighted by Crippen LogP contribution is 2.13. The molecule has 0 saturated heterocycles. The third-order valence-electron chi connectivity index (χ3n) is 3.17. The van der Waals surface area contributed by atoms with Gasteiger partial charge in [0.25, 0.3) is 0 Å². The van der Waals surface area contributed by atoms with Gasteiger partial charge in [-0.2, -0.15) is 0 Å². The van der Waals surface area contributed by atoms with Crippen LogP contribution in [0, 0.1) is 5.92 Å². The lowest BCUT2D eigenvalue weighted by Gasteiger charge is -2.05. The summed E-state index contributed by atoms with van der Waals surface area (Å²) in [7, 11) is 0. The van der Waals surface area contributed by atoms with Crippen LogP contribution < -0.4 is 0 Å². The Labute approximate surface area is 97.2 Å². The Kier molecular flexibility index (Phi) is 11.6. The van der Waals surface area contributed by atoms with Gasteiger partial charge in [0.05, 0.1) is 0 Å². The van der Waals surface area contributed by atoms with Crippen LogP contribution in [0.3, 0.4) is 0 Å². The quantitative estimate of drug-likeness (QED) is 0.302. The van der Waals surface area contributed by atoms with Crippen LogP contribution in [-0.4, -0.2) is 0 Å². The Morgan fingerprint density at radius 2 is 1.33 bits per heavy atom. The van der Waals surface area contributed by atoms with Gasteiger partial charge in [-0.15, -0.1) is 6.58 Å². The summed E-state index contributed by atoms with van der Waals surface area (Å²) >= 11 is 0. The van der Waals surface area contributed by atoms with Crippen molar-refractivity contribution in [2.24, 2.45) is 5.92 Å². The van der Waals surface area contributed by atoms with Crippen molar-refractivity contribution in [3.63, 3.8) is 0 Å². The largest absolute Gasteiger partial charge is 0.103 e. The van der Waals surface area contributed by atoms with E-state index in [2.05, 4.69) is 26.5 Å². The van der Waals surface area contributed by atoms with Crippen LogP contribution in [0.15, 0.2) is 12.7 Å². The molecule has 0 aromatic heterocycles. The minimum atomic E-state index is 0.717. The summed E-state index contributed by atoms with van der Waals surface area (Å²) in [6.07, 6.45) is 16.3. The molecule has 0 aromatic rings. The van der Waals surface area contributed by atoms with Crippen LogP contribution in [0.5, 0.6) is 0 Å². The highest BCUT2D eigenvalue weighted by molar-refractivity contribution is 4.74. The zero-order valence-electron chi connectivity index (χ0n) is 10.9. The van der Waals surface area contributed by atoms with Gasteiger partial charge in [-0.1, -0.05) is 77.7 Å². The van der Waals surface area contributed by atoms with Gasteiger partial charge in [-0.3, -0.25) is 0 Å². The second-order valence-corrected chi connectivity index (χ2v) is 4.83. The molecular weight excluding hydrogens is 180 g/mol. The second-order valence-electron chi connectivity index (χ2n) is 4.83. The Bertz CT molecular complexity index is 126. The second kappa shape index (κ2) is 11.8. The maximum Gasteiger partial charge on any atom is -0.0265 e. The molecule has 0 spiro atoms. The predicted molar refractivity (Wildman–Crippen MR) is 71.2 cm³/mol. The van der Waals surface area contributed by atoms with E-state index in [1.165, 1.54) is 64.2 Å². The fourth-order valence-electron chi connectivity index (χ4n) is 1.89. The highest BCUT2D eigenvalue weighted by Gasteiger charge is 1.96. The van der Waals surface area contributed by atoms with Crippen LogP contribution in [-0.2, 0) is 0 Å². The molecule has 0 aliphatic rings. The molecule has 0 heterocycles. The van der Waals surface area contributed by atoms with Crippen LogP contribution >= 0.6 is 0 Å². The maximum atomic E-state index is 3.82. The lowest BCUT2D eigenvalue weighted by molar-refractivity contribution is 0.529. The molecule has 0 saturated carbocycles. The fourth-order valence-corrected chi connectivity index (χ4v) is 1.89. The summed E-state index contributed by atoms with van der Waals surface area (Å²) in [4.78, 5) is 0. The molecular formula is C15H30. The maximum absolute atomic E-state index is 3.82. The van der Waals surface area contributed by atoms with E-state index in [1.54, 1.807) is 0 Å². The highest BCUT2D eigenvalue weighted by atomic mass is 14.0. The zero-order chi connectivity index (χ0) is 11.4. The average molecular weight is 210 g/mol. The Balaban J connectivity index is 2.95. The molecule has 0 bridgehead atoms. The van der Waals surface area contributed by atoms with Gasteiger partial charge in [-0.05, 0) is 12.3 Å². The summed E-state index contributed by atoms with van der Waals surface area (Å²) in [6, 6.07) is 0. The lowest BCUT2D eigenvalue weighted by atomic mass is 10.0. The van der Waals surface area contributed by atoms with Crippen molar-refractivity contribution in [1.29, 1.82) is 0 Å². The third kappa shape index (κ3) is 11.7. The van der Waals surface area contributed by atoms with E-state index in [0.717, 1.165) is 5.92 Å². The lowest BCUT2D eigenvalue weighted by Crippen LogP contribution is -1.88. The van der Waals surface area contributed by atoms with E-state index in [-0.39, 0.29) is 0 Å². The monoisotopic (exact) mass is 210 g/mol. The smallest absolute Gasteiger partial charge is 0.0265 e. The number of unbranched alkanes of at least 4 members (excludes halogenated alkanes) is 8. The van der Waals surface area contributed by atoms with E-state index in [4.69, 9.17) is 0 Å². The van der Waals surface area contributed by atoms with Gasteiger partial charge in [0.15, 0.2) is 0 Å². The first-order valence-electron chi connectivity index (χ1n) is 6.93. The van der Waals surface area contributed by atoms with Crippen molar-refractivity contribution in [3.8, 4) is 0 Å². The van der Waals surface area contributed by atoms with Gasteiger partial charge in [0.1, 0.15) is 0 Å². The van der Waals surface area contributed by atoms with Crippen molar-refractivity contribution in [1.82, 2.24) is 0 Å². The van der Waals surface area contributed by atoms with E-state index < -0.39 is 0 Å². The summed E-state index contributed by atoms with van der Waals surface area (Å²) in [6.45, 7) is 8.36. The third-order valence-corrected chi connectivity index (χ3v) is 3.17. The predicted octanol–water partition coefficient (Wildman–Crippen LogP) is 5.73. The van der Waals surface area contributed by atoms with Crippen molar-refractivity contribution in [3.05, 3.63) is 12.7 Å². The summed E-state index contributed by atoms with van der Waals surface area (Å²) in [5.74, 6) is 0.717. The van der Waals surface area contributed by atoms with Gasteiger partial charge in [0, 0.05) is 0 Å². The van der Waals surface area contributed by atoms with Crippen LogP contribution in [0.25, 0.3) is 0 Å².